The van der Waals surface area contributed by atoms with Gasteiger partial charge in [-0.25, -0.2) is 4.79 Å². The van der Waals surface area contributed by atoms with E-state index in [1.165, 1.54) is 18.2 Å². The molecule has 43 heavy (non-hydrogen) atoms. The molecule has 4 N–H and O–H groups in total. The van der Waals surface area contributed by atoms with Crippen molar-refractivity contribution in [3.8, 4) is 12.1 Å². The molecule has 232 valence electrons. The first-order valence-electron chi connectivity index (χ1n) is 13.1. The smallest absolute Gasteiger partial charge is 0.326 e. The molecule has 2 rings (SSSR count). The number of rotatable bonds is 10. The molecule has 13 heteroatoms. The second kappa shape index (κ2) is 16.6. The number of nitrogens with zero attached hydrogens (tertiary/aromatic N) is 2. The van der Waals surface area contributed by atoms with Crippen LogP contribution in [-0.4, -0.2) is 58.0 Å². The highest BCUT2D eigenvalue weighted by Gasteiger charge is 2.25. The molecule has 0 fully saturated rings. The Balaban J connectivity index is 0.000000430. The van der Waals surface area contributed by atoms with Crippen LogP contribution in [0.25, 0.3) is 0 Å². The lowest BCUT2D eigenvalue weighted by Crippen LogP contribution is -2.34. The van der Waals surface area contributed by atoms with E-state index in [2.05, 4.69) is 10.6 Å². The fourth-order valence-electron chi connectivity index (χ4n) is 3.32. The van der Waals surface area contributed by atoms with Gasteiger partial charge in [0.15, 0.2) is 0 Å². The highest BCUT2D eigenvalue weighted by Crippen LogP contribution is 2.23. The largest absolute Gasteiger partial charge is 0.480 e. The fourth-order valence-corrected chi connectivity index (χ4v) is 3.77. The summed E-state index contributed by atoms with van der Waals surface area (Å²) in [6.07, 6.45) is -0.296. The first-order valence-corrected chi connectivity index (χ1v) is 13.8. The SMILES string of the molecule is CC(C)(C)OC(=O)C[C@@H](CO)Nc1ccc(C#N)c(Cl)c1.CC(C)(C)OC(=O)C[C@H](Nc1ccc(C#N)c(Cl)c1)C(=O)O. The Morgan fingerprint density at radius 3 is 1.58 bits per heavy atom. The Morgan fingerprint density at radius 1 is 0.814 bits per heavy atom. The standard InChI is InChI=1S/C15H17ClN2O4.C15H19ClN2O3/c1-15(2,3)22-13(19)7-12(14(20)21)18-10-5-4-9(8-17)11(16)6-10;1-15(2,3)21-14(20)7-12(9-19)18-11-5-4-10(8-17)13(16)6-11/h4-6,12,18H,7H2,1-3H3,(H,20,21);4-6,12,18-19H,7,9H2,1-3H3/t2*12-/m00/s1. The monoisotopic (exact) mass is 634 g/mol. The fraction of sp³-hybridized carbons (Fsp3) is 0.433. The number of aliphatic carboxylic acids is 1. The summed E-state index contributed by atoms with van der Waals surface area (Å²) in [5.41, 5.74) is 0.440. The number of esters is 2. The first kappa shape index (κ1) is 37.0. The van der Waals surface area contributed by atoms with E-state index >= 15 is 0 Å². The summed E-state index contributed by atoms with van der Waals surface area (Å²) in [6.45, 7) is 10.2. The van der Waals surface area contributed by atoms with Gasteiger partial charge in [-0.15, -0.1) is 0 Å². The normalized spacial score (nSPS) is 12.3. The molecule has 0 heterocycles. The Hall–Kier alpha value is -4.03. The Kier molecular flexibility index (Phi) is 14.3. The van der Waals surface area contributed by atoms with E-state index in [0.29, 0.717) is 22.0 Å². The summed E-state index contributed by atoms with van der Waals surface area (Å²) < 4.78 is 10.3. The van der Waals surface area contributed by atoms with Crippen molar-refractivity contribution < 1.29 is 34.1 Å². The van der Waals surface area contributed by atoms with Crippen LogP contribution in [0.15, 0.2) is 36.4 Å². The number of halogens is 2. The zero-order valence-electron chi connectivity index (χ0n) is 24.8. The van der Waals surface area contributed by atoms with Gasteiger partial charge in [0.1, 0.15) is 29.4 Å². The van der Waals surface area contributed by atoms with Crippen molar-refractivity contribution in [3.63, 3.8) is 0 Å². The molecule has 0 aliphatic heterocycles. The minimum atomic E-state index is -1.19. The van der Waals surface area contributed by atoms with Crippen LogP contribution in [0, 0.1) is 22.7 Å². The van der Waals surface area contributed by atoms with Crippen molar-refractivity contribution in [2.45, 2.75) is 77.7 Å². The molecule has 2 atom stereocenters. The maximum atomic E-state index is 11.7. The zero-order chi connectivity index (χ0) is 33.0. The van der Waals surface area contributed by atoms with E-state index in [1.807, 2.05) is 12.1 Å². The summed E-state index contributed by atoms with van der Waals surface area (Å²) in [5, 5.41) is 42.4. The van der Waals surface area contributed by atoms with Gasteiger partial charge in [0.25, 0.3) is 0 Å². The van der Waals surface area contributed by atoms with Crippen LogP contribution >= 0.6 is 23.2 Å². The van der Waals surface area contributed by atoms with E-state index in [9.17, 15) is 24.6 Å². The number of carboxylic acids is 1. The number of nitrogens with one attached hydrogen (secondary N) is 2. The van der Waals surface area contributed by atoms with Crippen LogP contribution in [0.5, 0.6) is 0 Å². The third-order valence-corrected chi connectivity index (χ3v) is 5.66. The van der Waals surface area contributed by atoms with Crippen LogP contribution in [0.4, 0.5) is 11.4 Å². The zero-order valence-corrected chi connectivity index (χ0v) is 26.3. The number of benzene rings is 2. The van der Waals surface area contributed by atoms with Crippen molar-refractivity contribution in [2.24, 2.45) is 0 Å². The van der Waals surface area contributed by atoms with Crippen molar-refractivity contribution in [2.75, 3.05) is 17.2 Å². The molecule has 0 aliphatic rings. The Bertz CT molecular complexity index is 1370. The van der Waals surface area contributed by atoms with Gasteiger partial charge in [0.2, 0.25) is 0 Å². The average Bonchev–Trinajstić information content (AvgIpc) is 2.86. The number of aliphatic hydroxyl groups excluding tert-OH is 1. The minimum absolute atomic E-state index is 0.0331. The summed E-state index contributed by atoms with van der Waals surface area (Å²) in [5.74, 6) is -2.20. The number of hydrogen-bond donors (Lipinski definition) is 4. The van der Waals surface area contributed by atoms with Crippen LogP contribution < -0.4 is 10.6 Å². The van der Waals surface area contributed by atoms with E-state index in [0.717, 1.165) is 0 Å². The highest BCUT2D eigenvalue weighted by atomic mass is 35.5. The van der Waals surface area contributed by atoms with Gasteiger partial charge < -0.3 is 30.3 Å². The summed E-state index contributed by atoms with van der Waals surface area (Å²) in [7, 11) is 0. The molecule has 0 unspecified atom stereocenters. The van der Waals surface area contributed by atoms with Gasteiger partial charge in [-0.05, 0) is 77.9 Å². The number of carbonyl (C=O) groups is 3. The number of hydrogen-bond acceptors (Lipinski definition) is 10. The number of ether oxygens (including phenoxy) is 2. The number of carboxylic acid groups (broad SMARTS) is 1. The van der Waals surface area contributed by atoms with Gasteiger partial charge in [0, 0.05) is 11.4 Å². The molecule has 2 aromatic carbocycles. The van der Waals surface area contributed by atoms with Gasteiger partial charge in [-0.1, -0.05) is 23.2 Å². The average molecular weight is 636 g/mol. The minimum Gasteiger partial charge on any atom is -0.480 e. The predicted molar refractivity (Wildman–Crippen MR) is 163 cm³/mol. The highest BCUT2D eigenvalue weighted by molar-refractivity contribution is 6.32. The third-order valence-electron chi connectivity index (χ3n) is 5.03. The molecule has 0 bridgehead atoms. The van der Waals surface area contributed by atoms with Crippen LogP contribution in [0.3, 0.4) is 0 Å². The second-order valence-corrected chi connectivity index (χ2v) is 12.1. The lowest BCUT2D eigenvalue weighted by molar-refractivity contribution is -0.157. The van der Waals surface area contributed by atoms with Crippen molar-refractivity contribution >= 4 is 52.5 Å². The van der Waals surface area contributed by atoms with Gasteiger partial charge >= 0.3 is 17.9 Å². The molecule has 0 saturated heterocycles. The Morgan fingerprint density at radius 2 is 1.23 bits per heavy atom. The van der Waals surface area contributed by atoms with E-state index in [-0.39, 0.29) is 30.0 Å². The van der Waals surface area contributed by atoms with E-state index in [4.69, 9.17) is 43.2 Å². The van der Waals surface area contributed by atoms with Crippen LogP contribution in [-0.2, 0) is 23.9 Å². The van der Waals surface area contributed by atoms with Crippen LogP contribution in [0.1, 0.15) is 65.5 Å². The molecule has 11 nitrogen and oxygen atoms in total. The first-order chi connectivity index (χ1) is 19.9. The number of anilines is 2. The summed E-state index contributed by atoms with van der Waals surface area (Å²) in [6, 6.07) is 11.5. The molecule has 0 aliphatic carbocycles. The number of aliphatic hydroxyl groups is 1. The summed E-state index contributed by atoms with van der Waals surface area (Å²) >= 11 is 11.8. The molecule has 0 amide bonds. The summed E-state index contributed by atoms with van der Waals surface area (Å²) in [4.78, 5) is 34.7. The number of nitriles is 2. The molecule has 0 spiro atoms. The van der Waals surface area contributed by atoms with Crippen molar-refractivity contribution in [3.05, 3.63) is 57.6 Å². The molecule has 0 saturated carbocycles. The van der Waals surface area contributed by atoms with Gasteiger partial charge in [-0.3, -0.25) is 9.59 Å². The van der Waals surface area contributed by atoms with Gasteiger partial charge in [-0.2, -0.15) is 10.5 Å². The maximum Gasteiger partial charge on any atom is 0.326 e. The third kappa shape index (κ3) is 14.6. The lowest BCUT2D eigenvalue weighted by Gasteiger charge is -2.22. The second-order valence-electron chi connectivity index (χ2n) is 11.3. The number of carbonyl (C=O) groups excluding carboxylic acids is 2. The Labute approximate surface area is 261 Å². The van der Waals surface area contributed by atoms with Crippen LogP contribution in [0.2, 0.25) is 10.0 Å². The lowest BCUT2D eigenvalue weighted by atomic mass is 10.1. The van der Waals surface area contributed by atoms with E-state index < -0.39 is 41.2 Å². The van der Waals surface area contributed by atoms with Gasteiger partial charge in [0.05, 0.1) is 46.7 Å². The van der Waals surface area contributed by atoms with Crippen molar-refractivity contribution in [1.29, 1.82) is 10.5 Å². The molecular formula is C30H36Cl2N4O7. The molecule has 0 aromatic heterocycles. The van der Waals surface area contributed by atoms with E-state index in [1.54, 1.807) is 59.7 Å². The predicted octanol–water partition coefficient (Wildman–Crippen LogP) is 5.52. The maximum absolute atomic E-state index is 11.7. The van der Waals surface area contributed by atoms with Crippen molar-refractivity contribution in [1.82, 2.24) is 0 Å². The topological polar surface area (TPSA) is 182 Å². The molecule has 0 radical (unpaired) electrons. The molecule has 2 aromatic rings. The quantitative estimate of drug-likeness (QED) is 0.241. The molecular weight excluding hydrogens is 599 g/mol.